The van der Waals surface area contributed by atoms with Crippen molar-refractivity contribution in [2.24, 2.45) is 5.73 Å². The molecule has 1 aromatic heterocycles. The Morgan fingerprint density at radius 3 is 2.42 bits per heavy atom. The van der Waals surface area contributed by atoms with E-state index in [0.29, 0.717) is 11.8 Å². The molecule has 3 heteroatoms. The molecule has 2 aromatic rings. The van der Waals surface area contributed by atoms with E-state index in [1.54, 1.807) is 6.20 Å². The molecule has 1 heterocycles. The molecular formula is C16H20N2O. The third-order valence-electron chi connectivity index (χ3n) is 3.03. The Bertz CT molecular complexity index is 533. The Morgan fingerprint density at radius 1 is 1.05 bits per heavy atom. The summed E-state index contributed by atoms with van der Waals surface area (Å²) in [5.41, 5.74) is 8.05. The molecule has 1 atom stereocenters. The van der Waals surface area contributed by atoms with Crippen molar-refractivity contribution in [1.29, 1.82) is 0 Å². The van der Waals surface area contributed by atoms with E-state index in [1.165, 1.54) is 5.56 Å². The van der Waals surface area contributed by atoms with Crippen LogP contribution in [0.25, 0.3) is 0 Å². The molecule has 0 fully saturated rings. The summed E-state index contributed by atoms with van der Waals surface area (Å²) >= 11 is 0. The Hall–Kier alpha value is -1.87. The smallest absolute Gasteiger partial charge is 0.219 e. The predicted octanol–water partition coefficient (Wildman–Crippen LogP) is 4.02. The molecule has 2 rings (SSSR count). The van der Waals surface area contributed by atoms with Gasteiger partial charge in [-0.1, -0.05) is 32.0 Å². The lowest BCUT2D eigenvalue weighted by Crippen LogP contribution is -2.05. The van der Waals surface area contributed by atoms with Crippen LogP contribution in [0.1, 0.15) is 43.9 Å². The summed E-state index contributed by atoms with van der Waals surface area (Å²) in [7, 11) is 0. The minimum absolute atomic E-state index is 0.00850. The van der Waals surface area contributed by atoms with Gasteiger partial charge < -0.3 is 10.5 Å². The summed E-state index contributed by atoms with van der Waals surface area (Å²) < 4.78 is 5.75. The molecule has 19 heavy (non-hydrogen) atoms. The zero-order valence-corrected chi connectivity index (χ0v) is 11.6. The van der Waals surface area contributed by atoms with Gasteiger partial charge in [0.15, 0.2) is 0 Å². The van der Waals surface area contributed by atoms with Crippen molar-refractivity contribution in [3.63, 3.8) is 0 Å². The van der Waals surface area contributed by atoms with Crippen molar-refractivity contribution < 1.29 is 4.74 Å². The highest BCUT2D eigenvalue weighted by atomic mass is 16.5. The van der Waals surface area contributed by atoms with Gasteiger partial charge in [0.25, 0.3) is 0 Å². The Balaban J connectivity index is 2.14. The van der Waals surface area contributed by atoms with Crippen LogP contribution in [0.4, 0.5) is 0 Å². The highest BCUT2D eigenvalue weighted by molar-refractivity contribution is 5.33. The van der Waals surface area contributed by atoms with Crippen molar-refractivity contribution >= 4 is 0 Å². The van der Waals surface area contributed by atoms with E-state index in [4.69, 9.17) is 10.5 Å². The van der Waals surface area contributed by atoms with E-state index in [-0.39, 0.29) is 6.04 Å². The predicted molar refractivity (Wildman–Crippen MR) is 77.4 cm³/mol. The highest BCUT2D eigenvalue weighted by Gasteiger charge is 2.04. The van der Waals surface area contributed by atoms with Crippen LogP contribution in [0, 0.1) is 0 Å². The van der Waals surface area contributed by atoms with E-state index < -0.39 is 0 Å². The number of ether oxygens (including phenoxy) is 1. The molecule has 0 unspecified atom stereocenters. The second-order valence-corrected chi connectivity index (χ2v) is 5.05. The summed E-state index contributed by atoms with van der Waals surface area (Å²) in [6, 6.07) is 11.9. The fraction of sp³-hybridized carbons (Fsp3) is 0.312. The average molecular weight is 256 g/mol. The highest BCUT2D eigenvalue weighted by Crippen LogP contribution is 2.24. The van der Waals surface area contributed by atoms with Crippen LogP contribution in [0.15, 0.2) is 42.6 Å². The van der Waals surface area contributed by atoms with Gasteiger partial charge in [0.05, 0.1) is 0 Å². The monoisotopic (exact) mass is 256 g/mol. The fourth-order valence-electron chi connectivity index (χ4n) is 1.78. The van der Waals surface area contributed by atoms with Crippen LogP contribution >= 0.6 is 0 Å². The van der Waals surface area contributed by atoms with Gasteiger partial charge in [-0.3, -0.25) is 0 Å². The zero-order chi connectivity index (χ0) is 13.8. The second-order valence-electron chi connectivity index (χ2n) is 5.05. The van der Waals surface area contributed by atoms with Crippen molar-refractivity contribution in [3.05, 3.63) is 53.7 Å². The molecule has 0 saturated heterocycles. The van der Waals surface area contributed by atoms with Gasteiger partial charge in [0.1, 0.15) is 5.75 Å². The number of nitrogens with zero attached hydrogens (tertiary/aromatic N) is 1. The molecule has 3 nitrogen and oxygen atoms in total. The lowest BCUT2D eigenvalue weighted by atomic mass is 10.0. The number of aromatic nitrogens is 1. The van der Waals surface area contributed by atoms with Crippen LogP contribution in [-0.4, -0.2) is 4.98 Å². The molecule has 2 N–H and O–H groups in total. The number of nitrogens with two attached hydrogens (primary N) is 1. The molecule has 1 aromatic carbocycles. The van der Waals surface area contributed by atoms with E-state index in [9.17, 15) is 0 Å². The minimum atomic E-state index is -0.00850. The third-order valence-corrected chi connectivity index (χ3v) is 3.03. The third kappa shape index (κ3) is 3.55. The van der Waals surface area contributed by atoms with Gasteiger partial charge in [-0.2, -0.15) is 0 Å². The maximum Gasteiger partial charge on any atom is 0.219 e. The van der Waals surface area contributed by atoms with Gasteiger partial charge in [0, 0.05) is 18.3 Å². The van der Waals surface area contributed by atoms with E-state index >= 15 is 0 Å². The number of rotatable bonds is 4. The van der Waals surface area contributed by atoms with Crippen LogP contribution < -0.4 is 10.5 Å². The summed E-state index contributed by atoms with van der Waals surface area (Å²) in [5.74, 6) is 1.88. The second kappa shape index (κ2) is 5.85. The molecule has 0 amide bonds. The number of hydrogen-bond acceptors (Lipinski definition) is 3. The normalized spacial score (nSPS) is 12.5. The summed E-state index contributed by atoms with van der Waals surface area (Å²) in [6.45, 7) is 6.26. The summed E-state index contributed by atoms with van der Waals surface area (Å²) in [6.07, 6.45) is 1.76. The lowest BCUT2D eigenvalue weighted by molar-refractivity contribution is 0.461. The van der Waals surface area contributed by atoms with Crippen LogP contribution in [-0.2, 0) is 0 Å². The Kier molecular flexibility index (Phi) is 4.17. The zero-order valence-electron chi connectivity index (χ0n) is 11.6. The quantitative estimate of drug-likeness (QED) is 0.898. The molecule has 0 aliphatic heterocycles. The minimum Gasteiger partial charge on any atom is -0.439 e. The van der Waals surface area contributed by atoms with Crippen LogP contribution in [0.2, 0.25) is 0 Å². The SMILES string of the molecule is CC(C)c1cccc(Oc2ccc([C@H](C)N)cn2)c1. The van der Waals surface area contributed by atoms with Gasteiger partial charge in [0.2, 0.25) is 5.88 Å². The first-order valence-corrected chi connectivity index (χ1v) is 6.55. The fourth-order valence-corrected chi connectivity index (χ4v) is 1.78. The maximum absolute atomic E-state index is 5.79. The molecule has 100 valence electrons. The molecule has 0 bridgehead atoms. The molecule has 0 saturated carbocycles. The van der Waals surface area contributed by atoms with Crippen molar-refractivity contribution in [1.82, 2.24) is 4.98 Å². The van der Waals surface area contributed by atoms with E-state index in [1.807, 2.05) is 37.3 Å². The summed E-state index contributed by atoms with van der Waals surface area (Å²) in [4.78, 5) is 4.27. The van der Waals surface area contributed by atoms with Crippen molar-refractivity contribution in [3.8, 4) is 11.6 Å². The molecule has 0 spiro atoms. The first kappa shape index (κ1) is 13.6. The largest absolute Gasteiger partial charge is 0.439 e. The van der Waals surface area contributed by atoms with E-state index in [0.717, 1.165) is 11.3 Å². The molecule has 0 radical (unpaired) electrons. The molecular weight excluding hydrogens is 236 g/mol. The topological polar surface area (TPSA) is 48.1 Å². The summed E-state index contributed by atoms with van der Waals surface area (Å²) in [5, 5.41) is 0. The average Bonchev–Trinajstić information content (AvgIpc) is 2.39. The van der Waals surface area contributed by atoms with Crippen molar-refractivity contribution in [2.45, 2.75) is 32.7 Å². The van der Waals surface area contributed by atoms with Gasteiger partial charge >= 0.3 is 0 Å². The van der Waals surface area contributed by atoms with Crippen LogP contribution in [0.5, 0.6) is 11.6 Å². The van der Waals surface area contributed by atoms with Gasteiger partial charge in [-0.25, -0.2) is 4.98 Å². The number of pyridine rings is 1. The standard InChI is InChI=1S/C16H20N2O/c1-11(2)13-5-4-6-15(9-13)19-16-8-7-14(10-18-16)12(3)17/h4-12H,17H2,1-3H3/t12-/m0/s1. The first-order chi connectivity index (χ1) is 9.06. The number of benzene rings is 1. The number of hydrogen-bond donors (Lipinski definition) is 1. The van der Waals surface area contributed by atoms with Crippen molar-refractivity contribution in [2.75, 3.05) is 0 Å². The Morgan fingerprint density at radius 2 is 1.84 bits per heavy atom. The lowest BCUT2D eigenvalue weighted by Gasteiger charge is -2.10. The van der Waals surface area contributed by atoms with Crippen LogP contribution in [0.3, 0.4) is 0 Å². The van der Waals surface area contributed by atoms with Gasteiger partial charge in [-0.15, -0.1) is 0 Å². The first-order valence-electron chi connectivity index (χ1n) is 6.55. The molecule has 0 aliphatic carbocycles. The van der Waals surface area contributed by atoms with E-state index in [2.05, 4.69) is 24.9 Å². The van der Waals surface area contributed by atoms with Gasteiger partial charge in [-0.05, 0) is 36.1 Å². The molecule has 0 aliphatic rings. The maximum atomic E-state index is 5.79. The Labute approximate surface area is 114 Å².